The fraction of sp³-hybridized carbons (Fsp3) is 0.933. The molecule has 0 spiro atoms. The van der Waals surface area contributed by atoms with E-state index in [0.717, 1.165) is 55.3 Å². The van der Waals surface area contributed by atoms with Crippen molar-refractivity contribution < 1.29 is 15.3 Å². The van der Waals surface area contributed by atoms with Crippen LogP contribution in [0.1, 0.15) is 111 Å². The SMILES string of the molecule is CC(CCCC(C)[C@H]1CC[C@H]2[C@@H]3CC=C4C[C@@H](O)CC[C@]4(C)[C@H]3CC[C@]12C)CCC(O)CO. The first-order valence-corrected chi connectivity index (χ1v) is 14.4. The first kappa shape index (κ1) is 25.7. The fourth-order valence-electron chi connectivity index (χ4n) is 9.32. The summed E-state index contributed by atoms with van der Waals surface area (Å²) in [5.74, 6) is 4.92. The molecule has 4 aliphatic rings. The van der Waals surface area contributed by atoms with Gasteiger partial charge in [0.15, 0.2) is 0 Å². The predicted molar refractivity (Wildman–Crippen MR) is 136 cm³/mol. The minimum absolute atomic E-state index is 0.103. The normalized spacial score (nSPS) is 43.1. The third-order valence-electron chi connectivity index (χ3n) is 11.4. The van der Waals surface area contributed by atoms with Crippen LogP contribution in [0.15, 0.2) is 11.6 Å². The van der Waals surface area contributed by atoms with Crippen molar-refractivity contribution in [2.24, 2.45) is 46.3 Å². The van der Waals surface area contributed by atoms with Crippen LogP contribution in [0.2, 0.25) is 0 Å². The highest BCUT2D eigenvalue weighted by atomic mass is 16.3. The Balaban J connectivity index is 1.34. The molecule has 0 aromatic rings. The van der Waals surface area contributed by atoms with Gasteiger partial charge in [-0.3, -0.25) is 0 Å². The van der Waals surface area contributed by atoms with E-state index in [0.29, 0.717) is 16.7 Å². The molecule has 10 atom stereocenters. The number of aliphatic hydroxyl groups excluding tert-OH is 3. The summed E-state index contributed by atoms with van der Waals surface area (Å²) in [6.45, 7) is 9.93. The molecule has 3 fully saturated rings. The molecule has 0 radical (unpaired) electrons. The van der Waals surface area contributed by atoms with Gasteiger partial charge in [-0.15, -0.1) is 0 Å². The summed E-state index contributed by atoms with van der Waals surface area (Å²) in [6, 6.07) is 0. The van der Waals surface area contributed by atoms with Gasteiger partial charge in [-0.2, -0.15) is 0 Å². The van der Waals surface area contributed by atoms with Crippen LogP contribution in [-0.2, 0) is 0 Å². The van der Waals surface area contributed by atoms with Crippen molar-refractivity contribution in [3.63, 3.8) is 0 Å². The zero-order valence-electron chi connectivity index (χ0n) is 21.9. The maximum absolute atomic E-state index is 10.3. The van der Waals surface area contributed by atoms with Crippen molar-refractivity contribution in [2.75, 3.05) is 6.61 Å². The van der Waals surface area contributed by atoms with E-state index in [1.54, 1.807) is 5.57 Å². The molecule has 4 aliphatic carbocycles. The van der Waals surface area contributed by atoms with Gasteiger partial charge in [0.2, 0.25) is 0 Å². The first-order valence-electron chi connectivity index (χ1n) is 14.4. The summed E-state index contributed by atoms with van der Waals surface area (Å²) in [7, 11) is 0. The molecule has 0 aliphatic heterocycles. The molecule has 0 amide bonds. The summed E-state index contributed by atoms with van der Waals surface area (Å²) < 4.78 is 0. The molecule has 3 saturated carbocycles. The highest BCUT2D eigenvalue weighted by Gasteiger charge is 2.59. The van der Waals surface area contributed by atoms with Crippen LogP contribution in [0.4, 0.5) is 0 Å². The van der Waals surface area contributed by atoms with Crippen LogP contribution in [0.3, 0.4) is 0 Å². The minimum Gasteiger partial charge on any atom is -0.394 e. The summed E-state index contributed by atoms with van der Waals surface area (Å²) in [4.78, 5) is 0. The molecule has 3 heteroatoms. The van der Waals surface area contributed by atoms with Crippen molar-refractivity contribution in [2.45, 2.75) is 123 Å². The second-order valence-electron chi connectivity index (χ2n) is 13.3. The smallest absolute Gasteiger partial charge is 0.0771 e. The summed E-state index contributed by atoms with van der Waals surface area (Å²) in [6.07, 6.45) is 17.6. The number of rotatable bonds is 9. The number of allylic oxidation sites excluding steroid dienone is 1. The van der Waals surface area contributed by atoms with Gasteiger partial charge < -0.3 is 15.3 Å². The van der Waals surface area contributed by atoms with E-state index in [9.17, 15) is 10.2 Å². The van der Waals surface area contributed by atoms with E-state index in [-0.39, 0.29) is 12.7 Å². The maximum atomic E-state index is 10.3. The van der Waals surface area contributed by atoms with Crippen LogP contribution in [0.25, 0.3) is 0 Å². The lowest BCUT2D eigenvalue weighted by Gasteiger charge is -2.58. The van der Waals surface area contributed by atoms with E-state index < -0.39 is 6.10 Å². The third kappa shape index (κ3) is 4.98. The zero-order valence-corrected chi connectivity index (χ0v) is 21.9. The summed E-state index contributed by atoms with van der Waals surface area (Å²) >= 11 is 0. The summed E-state index contributed by atoms with van der Waals surface area (Å²) in [5, 5.41) is 28.9. The van der Waals surface area contributed by atoms with Crippen molar-refractivity contribution in [1.29, 1.82) is 0 Å². The Kier molecular flexibility index (Phi) is 8.03. The predicted octanol–water partition coefficient (Wildman–Crippen LogP) is 6.50. The Morgan fingerprint density at radius 1 is 0.970 bits per heavy atom. The Morgan fingerprint density at radius 2 is 1.76 bits per heavy atom. The van der Waals surface area contributed by atoms with E-state index in [1.165, 1.54) is 57.8 Å². The lowest BCUT2D eigenvalue weighted by atomic mass is 9.47. The number of fused-ring (bicyclic) bond motifs is 5. The Hall–Kier alpha value is -0.380. The first-order chi connectivity index (χ1) is 15.7. The molecular weight excluding hydrogens is 408 g/mol. The molecule has 190 valence electrons. The lowest BCUT2D eigenvalue weighted by Crippen LogP contribution is -2.50. The van der Waals surface area contributed by atoms with Gasteiger partial charge in [-0.25, -0.2) is 0 Å². The average molecular weight is 461 g/mol. The largest absolute Gasteiger partial charge is 0.394 e. The van der Waals surface area contributed by atoms with Gasteiger partial charge >= 0.3 is 0 Å². The second kappa shape index (κ2) is 10.3. The Bertz CT molecular complexity index is 688. The van der Waals surface area contributed by atoms with Crippen LogP contribution in [0.5, 0.6) is 0 Å². The molecule has 0 saturated heterocycles. The number of hydrogen-bond acceptors (Lipinski definition) is 3. The molecule has 3 N–H and O–H groups in total. The standard InChI is InChI=1S/C30H52O3/c1-20(8-10-24(33)19-31)6-5-7-21(2)26-12-13-27-25-11-9-22-18-23(32)14-16-29(22,3)28(25)15-17-30(26,27)4/h9,20-21,23-28,31-33H,5-8,10-19H2,1-4H3/t20?,21?,23-,24?,25-,26+,27-,28-,29-,30+/m0/s1. The van der Waals surface area contributed by atoms with Crippen LogP contribution in [0, 0.1) is 46.3 Å². The maximum Gasteiger partial charge on any atom is 0.0771 e. The molecule has 4 rings (SSSR count). The fourth-order valence-corrected chi connectivity index (χ4v) is 9.32. The number of hydrogen-bond donors (Lipinski definition) is 3. The van der Waals surface area contributed by atoms with Gasteiger partial charge in [0.25, 0.3) is 0 Å². The monoisotopic (exact) mass is 460 g/mol. The average Bonchev–Trinajstić information content (AvgIpc) is 3.15. The molecule has 0 aromatic carbocycles. The van der Waals surface area contributed by atoms with Crippen molar-refractivity contribution in [3.8, 4) is 0 Å². The Labute approximate surface area is 203 Å². The zero-order chi connectivity index (χ0) is 23.8. The topological polar surface area (TPSA) is 60.7 Å². The van der Waals surface area contributed by atoms with Gasteiger partial charge in [0.05, 0.1) is 18.8 Å². The van der Waals surface area contributed by atoms with Crippen molar-refractivity contribution in [3.05, 3.63) is 11.6 Å². The van der Waals surface area contributed by atoms with Gasteiger partial charge in [0, 0.05) is 0 Å². The molecule has 3 unspecified atom stereocenters. The molecule has 0 heterocycles. The van der Waals surface area contributed by atoms with E-state index in [2.05, 4.69) is 33.8 Å². The molecule has 0 aromatic heterocycles. The third-order valence-corrected chi connectivity index (χ3v) is 11.4. The van der Waals surface area contributed by atoms with E-state index in [4.69, 9.17) is 5.11 Å². The molecule has 33 heavy (non-hydrogen) atoms. The molecule has 0 bridgehead atoms. The highest BCUT2D eigenvalue weighted by molar-refractivity contribution is 5.25. The van der Waals surface area contributed by atoms with E-state index >= 15 is 0 Å². The van der Waals surface area contributed by atoms with Crippen LogP contribution < -0.4 is 0 Å². The quantitative estimate of drug-likeness (QED) is 0.344. The molecule has 3 nitrogen and oxygen atoms in total. The minimum atomic E-state index is -0.538. The van der Waals surface area contributed by atoms with Gasteiger partial charge in [-0.05, 0) is 111 Å². The lowest BCUT2D eigenvalue weighted by molar-refractivity contribution is -0.0573. The second-order valence-corrected chi connectivity index (χ2v) is 13.3. The summed E-state index contributed by atoms with van der Waals surface area (Å²) in [5.41, 5.74) is 2.47. The highest BCUT2D eigenvalue weighted by Crippen LogP contribution is 2.67. The Morgan fingerprint density at radius 3 is 2.52 bits per heavy atom. The van der Waals surface area contributed by atoms with Crippen molar-refractivity contribution in [1.82, 2.24) is 0 Å². The molecular formula is C30H52O3. The van der Waals surface area contributed by atoms with E-state index in [1.807, 2.05) is 0 Å². The number of aliphatic hydroxyl groups is 3. The van der Waals surface area contributed by atoms with Crippen LogP contribution >= 0.6 is 0 Å². The van der Waals surface area contributed by atoms with Gasteiger partial charge in [0.1, 0.15) is 0 Å². The van der Waals surface area contributed by atoms with Gasteiger partial charge in [-0.1, -0.05) is 58.6 Å². The van der Waals surface area contributed by atoms with Crippen LogP contribution in [-0.4, -0.2) is 34.1 Å². The van der Waals surface area contributed by atoms with Crippen molar-refractivity contribution >= 4 is 0 Å².